The summed E-state index contributed by atoms with van der Waals surface area (Å²) < 4.78 is 53.6. The quantitative estimate of drug-likeness (QED) is 0.510. The van der Waals surface area contributed by atoms with Crippen LogP contribution in [0.25, 0.3) is 0 Å². The highest BCUT2D eigenvalue weighted by molar-refractivity contribution is 7.09. The Balaban J connectivity index is 1.13. The number of amides is 1. The molecule has 0 unspecified atom stereocenters. The molecule has 4 aliphatic heterocycles. The Bertz CT molecular complexity index is 1300. The molecule has 0 saturated carbocycles. The first-order chi connectivity index (χ1) is 19.8. The van der Waals surface area contributed by atoms with E-state index in [1.165, 1.54) is 0 Å². The Morgan fingerprint density at radius 3 is 2.40 bits per heavy atom. The Hall–Kier alpha value is -2.71. The van der Waals surface area contributed by atoms with Gasteiger partial charge in [0.25, 0.3) is 0 Å². The van der Waals surface area contributed by atoms with Gasteiger partial charge in [0.15, 0.2) is 0 Å². The molecule has 0 N–H and O–H groups in total. The fraction of sp³-hybridized carbons (Fsp3) is 0.714. The number of piperidine rings is 1. The van der Waals surface area contributed by atoms with Crippen molar-refractivity contribution in [2.24, 2.45) is 0 Å². The van der Waals surface area contributed by atoms with E-state index >= 15 is 0 Å². The molecular formula is C28H38F3N7O3S. The van der Waals surface area contributed by atoms with E-state index in [0.29, 0.717) is 76.9 Å². The number of hydrogen-bond donors (Lipinski definition) is 0. The maximum Gasteiger partial charge on any atom is 0.451 e. The number of carbonyl (C=O) groups is 1. The molecule has 0 aromatic carbocycles. The Morgan fingerprint density at radius 2 is 1.76 bits per heavy atom. The van der Waals surface area contributed by atoms with Crippen LogP contribution in [0.15, 0.2) is 11.6 Å². The highest BCUT2D eigenvalue weighted by atomic mass is 32.1. The van der Waals surface area contributed by atoms with Crippen LogP contribution >= 0.6 is 11.3 Å². The number of piperazine rings is 1. The Kier molecular flexibility index (Phi) is 7.53. The molecule has 10 nitrogen and oxygen atoms in total. The zero-order valence-corrected chi connectivity index (χ0v) is 25.3. The van der Waals surface area contributed by atoms with Crippen LogP contribution in [-0.2, 0) is 27.7 Å². The molecule has 1 spiro atoms. The van der Waals surface area contributed by atoms with Crippen molar-refractivity contribution in [1.82, 2.24) is 24.8 Å². The van der Waals surface area contributed by atoms with Gasteiger partial charge in [-0.15, -0.1) is 11.3 Å². The van der Waals surface area contributed by atoms with Crippen LogP contribution in [0.4, 0.5) is 29.6 Å². The molecule has 1 amide bonds. The minimum atomic E-state index is -4.66. The van der Waals surface area contributed by atoms with E-state index in [1.807, 2.05) is 43.0 Å². The Labute approximate surface area is 247 Å². The lowest BCUT2D eigenvalue weighted by atomic mass is 9.86. The third-order valence-corrected chi connectivity index (χ3v) is 9.84. The number of ether oxygens (including phenoxy) is 2. The lowest BCUT2D eigenvalue weighted by Crippen LogP contribution is -2.68. The molecule has 14 heteroatoms. The summed E-state index contributed by atoms with van der Waals surface area (Å²) in [6, 6.07) is 1.82. The van der Waals surface area contributed by atoms with Gasteiger partial charge in [0.1, 0.15) is 22.8 Å². The van der Waals surface area contributed by atoms with Crippen molar-refractivity contribution in [1.29, 1.82) is 0 Å². The second-order valence-corrected chi connectivity index (χ2v) is 13.4. The van der Waals surface area contributed by atoms with Crippen molar-refractivity contribution < 1.29 is 27.4 Å². The van der Waals surface area contributed by atoms with E-state index in [0.717, 1.165) is 17.0 Å². The number of halogens is 3. The molecule has 0 aliphatic carbocycles. The molecule has 6 heterocycles. The third-order valence-electron chi connectivity index (χ3n) is 8.78. The summed E-state index contributed by atoms with van der Waals surface area (Å²) in [5, 5.41) is 0. The maximum absolute atomic E-state index is 13.9. The SMILES string of the molecule is C[C@@H]1[C@H](N2CCN(C(=O)OC(C)(C)C)CC2)CN1c1cc(N2CCC3(CC2)OCCc2ncsc23)nc(C(F)(F)F)n1. The molecule has 0 radical (unpaired) electrons. The molecule has 42 heavy (non-hydrogen) atoms. The smallest absolute Gasteiger partial charge is 0.444 e. The van der Waals surface area contributed by atoms with Crippen molar-refractivity contribution in [3.05, 3.63) is 28.0 Å². The van der Waals surface area contributed by atoms with Crippen LogP contribution in [0.1, 0.15) is 56.9 Å². The Morgan fingerprint density at radius 1 is 1.07 bits per heavy atom. The fourth-order valence-electron chi connectivity index (χ4n) is 6.43. The van der Waals surface area contributed by atoms with E-state index in [1.54, 1.807) is 22.3 Å². The molecule has 2 aromatic heterocycles. The standard InChI is InChI=1S/C28H38F3N7O3S/c1-18-20(35-10-12-37(13-11-35)25(39)41-26(2,3)4)16-38(18)22-15-21(33-24(34-22)28(29,30)31)36-8-6-27(7-9-36)23-19(5-14-40-27)32-17-42-23/h15,17-18,20H,5-14,16H2,1-4H3/t18-,20-/m1/s1. The number of fused-ring (bicyclic) bond motifs is 2. The zero-order chi connectivity index (χ0) is 29.9. The molecule has 6 rings (SSSR count). The maximum atomic E-state index is 13.9. The van der Waals surface area contributed by atoms with Crippen LogP contribution in [0.5, 0.6) is 0 Å². The number of carbonyl (C=O) groups excluding carboxylic acids is 1. The predicted octanol–water partition coefficient (Wildman–Crippen LogP) is 4.15. The van der Waals surface area contributed by atoms with Gasteiger partial charge in [-0.05, 0) is 40.5 Å². The van der Waals surface area contributed by atoms with Gasteiger partial charge in [-0.3, -0.25) is 4.90 Å². The van der Waals surface area contributed by atoms with Gasteiger partial charge in [-0.2, -0.15) is 13.2 Å². The molecule has 2 atom stereocenters. The van der Waals surface area contributed by atoms with Gasteiger partial charge in [-0.25, -0.2) is 19.7 Å². The lowest BCUT2D eigenvalue weighted by molar-refractivity contribution is -0.144. The van der Waals surface area contributed by atoms with Crippen LogP contribution in [0.3, 0.4) is 0 Å². The first-order valence-corrected chi connectivity index (χ1v) is 15.5. The van der Waals surface area contributed by atoms with Crippen LogP contribution < -0.4 is 9.80 Å². The number of alkyl halides is 3. The summed E-state index contributed by atoms with van der Waals surface area (Å²) in [4.78, 5) is 33.9. The number of anilines is 2. The van der Waals surface area contributed by atoms with Gasteiger partial charge in [0, 0.05) is 70.4 Å². The largest absolute Gasteiger partial charge is 0.451 e. The number of thiazole rings is 1. The number of rotatable bonds is 3. The fourth-order valence-corrected chi connectivity index (χ4v) is 7.48. The van der Waals surface area contributed by atoms with E-state index in [2.05, 4.69) is 19.9 Å². The van der Waals surface area contributed by atoms with Crippen LogP contribution in [0.2, 0.25) is 0 Å². The highest BCUT2D eigenvalue weighted by Crippen LogP contribution is 2.44. The average molecular weight is 610 g/mol. The first-order valence-electron chi connectivity index (χ1n) is 14.6. The molecule has 0 bridgehead atoms. The second kappa shape index (κ2) is 10.8. The third kappa shape index (κ3) is 5.64. The number of nitrogens with zero attached hydrogens (tertiary/aromatic N) is 7. The molecule has 3 fully saturated rings. The minimum Gasteiger partial charge on any atom is -0.444 e. The molecular weight excluding hydrogens is 571 g/mol. The van der Waals surface area contributed by atoms with Crippen LogP contribution in [0, 0.1) is 0 Å². The van der Waals surface area contributed by atoms with Crippen molar-refractivity contribution in [2.45, 2.75) is 76.4 Å². The monoisotopic (exact) mass is 609 g/mol. The van der Waals surface area contributed by atoms with Gasteiger partial charge < -0.3 is 24.2 Å². The van der Waals surface area contributed by atoms with Crippen LogP contribution in [-0.4, -0.2) is 101 Å². The van der Waals surface area contributed by atoms with Crippen molar-refractivity contribution in [3.63, 3.8) is 0 Å². The second-order valence-electron chi connectivity index (χ2n) is 12.6. The number of aromatic nitrogens is 3. The summed E-state index contributed by atoms with van der Waals surface area (Å²) in [7, 11) is 0. The van der Waals surface area contributed by atoms with Crippen molar-refractivity contribution in [2.75, 3.05) is 62.2 Å². The van der Waals surface area contributed by atoms with E-state index < -0.39 is 23.2 Å². The highest BCUT2D eigenvalue weighted by Gasteiger charge is 2.45. The summed E-state index contributed by atoms with van der Waals surface area (Å²) in [6.45, 7) is 12.3. The van der Waals surface area contributed by atoms with E-state index in [9.17, 15) is 18.0 Å². The van der Waals surface area contributed by atoms with Crippen molar-refractivity contribution in [3.8, 4) is 0 Å². The summed E-state index contributed by atoms with van der Waals surface area (Å²) >= 11 is 1.60. The summed E-state index contributed by atoms with van der Waals surface area (Å²) in [5.74, 6) is -0.526. The zero-order valence-electron chi connectivity index (χ0n) is 24.5. The van der Waals surface area contributed by atoms with Crippen molar-refractivity contribution >= 4 is 29.1 Å². The molecule has 3 saturated heterocycles. The summed E-state index contributed by atoms with van der Waals surface area (Å²) in [6.07, 6.45) is -2.84. The topological polar surface area (TPSA) is 87.2 Å². The summed E-state index contributed by atoms with van der Waals surface area (Å²) in [5.41, 5.74) is 1.96. The van der Waals surface area contributed by atoms with Gasteiger partial charge >= 0.3 is 12.3 Å². The van der Waals surface area contributed by atoms with E-state index in [-0.39, 0.29) is 18.2 Å². The van der Waals surface area contributed by atoms with Gasteiger partial charge in [-0.1, -0.05) is 0 Å². The first kappa shape index (κ1) is 29.4. The van der Waals surface area contributed by atoms with E-state index in [4.69, 9.17) is 9.47 Å². The van der Waals surface area contributed by atoms with Gasteiger partial charge in [0.05, 0.1) is 22.7 Å². The predicted molar refractivity (Wildman–Crippen MR) is 152 cm³/mol. The number of hydrogen-bond acceptors (Lipinski definition) is 10. The van der Waals surface area contributed by atoms with Gasteiger partial charge in [0.2, 0.25) is 5.82 Å². The minimum absolute atomic E-state index is 0.0353. The molecule has 230 valence electrons. The lowest BCUT2D eigenvalue weighted by Gasteiger charge is -2.53. The molecule has 4 aliphatic rings. The normalized spacial score (nSPS) is 24.9. The molecule has 2 aromatic rings. The average Bonchev–Trinajstić information content (AvgIpc) is 3.42.